The summed E-state index contributed by atoms with van der Waals surface area (Å²) in [5.41, 5.74) is -0.229. The molecule has 96 valence electrons. The first kappa shape index (κ1) is 13.6. The van der Waals surface area contributed by atoms with Gasteiger partial charge in [0.25, 0.3) is 5.56 Å². The van der Waals surface area contributed by atoms with Crippen molar-refractivity contribution in [3.05, 3.63) is 32.6 Å². The van der Waals surface area contributed by atoms with E-state index in [9.17, 15) is 9.59 Å². The van der Waals surface area contributed by atoms with Crippen LogP contribution in [0.2, 0.25) is 0 Å². The van der Waals surface area contributed by atoms with E-state index in [0.717, 1.165) is 4.57 Å². The van der Waals surface area contributed by atoms with Gasteiger partial charge in [-0.2, -0.15) is 0 Å². The SMILES string of the molecule is Cn1c(CNCC(O)CO)cc(=O)n(C)c1=O. The van der Waals surface area contributed by atoms with Crippen LogP contribution < -0.4 is 16.6 Å². The maximum Gasteiger partial charge on any atom is 0.330 e. The quantitative estimate of drug-likeness (QED) is 0.532. The Hall–Kier alpha value is -1.44. The van der Waals surface area contributed by atoms with Crippen LogP contribution in [0, 0.1) is 0 Å². The van der Waals surface area contributed by atoms with Crippen LogP contribution in [0.5, 0.6) is 0 Å². The van der Waals surface area contributed by atoms with Gasteiger partial charge in [-0.05, 0) is 0 Å². The number of nitrogens with one attached hydrogen (secondary N) is 1. The summed E-state index contributed by atoms with van der Waals surface area (Å²) in [6.07, 6.45) is -0.849. The summed E-state index contributed by atoms with van der Waals surface area (Å²) in [5, 5.41) is 20.6. The maximum absolute atomic E-state index is 11.6. The summed E-state index contributed by atoms with van der Waals surface area (Å²) in [7, 11) is 2.98. The van der Waals surface area contributed by atoms with Gasteiger partial charge in [0.15, 0.2) is 0 Å². The van der Waals surface area contributed by atoms with Crippen LogP contribution in [-0.2, 0) is 20.6 Å². The highest BCUT2D eigenvalue weighted by Crippen LogP contribution is 1.90. The predicted molar refractivity (Wildman–Crippen MR) is 61.7 cm³/mol. The fourth-order valence-electron chi connectivity index (χ4n) is 1.38. The first-order valence-electron chi connectivity index (χ1n) is 5.23. The predicted octanol–water partition coefficient (Wildman–Crippen LogP) is -2.47. The van der Waals surface area contributed by atoms with Gasteiger partial charge in [-0.15, -0.1) is 0 Å². The maximum atomic E-state index is 11.6. The number of aromatic nitrogens is 2. The molecule has 0 aliphatic carbocycles. The number of nitrogens with zero attached hydrogens (tertiary/aromatic N) is 2. The molecule has 0 aromatic carbocycles. The average Bonchev–Trinajstić information content (AvgIpc) is 2.32. The molecule has 0 fully saturated rings. The summed E-state index contributed by atoms with van der Waals surface area (Å²) < 4.78 is 2.38. The Bertz CT molecular complexity index is 491. The van der Waals surface area contributed by atoms with Crippen molar-refractivity contribution < 1.29 is 10.2 Å². The second kappa shape index (κ2) is 5.76. The largest absolute Gasteiger partial charge is 0.394 e. The lowest BCUT2D eigenvalue weighted by molar-refractivity contribution is 0.0941. The Labute approximate surface area is 97.9 Å². The van der Waals surface area contributed by atoms with Gasteiger partial charge in [0.05, 0.1) is 12.7 Å². The lowest BCUT2D eigenvalue weighted by Crippen LogP contribution is -2.39. The summed E-state index contributed by atoms with van der Waals surface area (Å²) in [4.78, 5) is 23.0. The van der Waals surface area contributed by atoms with Gasteiger partial charge in [-0.3, -0.25) is 13.9 Å². The Morgan fingerprint density at radius 3 is 2.59 bits per heavy atom. The van der Waals surface area contributed by atoms with Crippen molar-refractivity contribution >= 4 is 0 Å². The molecule has 1 aromatic rings. The molecule has 7 nitrogen and oxygen atoms in total. The molecule has 1 aromatic heterocycles. The molecule has 0 bridgehead atoms. The van der Waals surface area contributed by atoms with E-state index in [2.05, 4.69) is 5.32 Å². The van der Waals surface area contributed by atoms with E-state index < -0.39 is 11.8 Å². The summed E-state index contributed by atoms with van der Waals surface area (Å²) in [6, 6.07) is 1.36. The Morgan fingerprint density at radius 2 is 2.00 bits per heavy atom. The molecule has 0 spiro atoms. The number of rotatable bonds is 5. The molecule has 0 aliphatic heterocycles. The number of aliphatic hydroxyl groups excluding tert-OH is 2. The zero-order valence-corrected chi connectivity index (χ0v) is 9.88. The molecule has 0 saturated carbocycles. The van der Waals surface area contributed by atoms with Crippen LogP contribution in [0.4, 0.5) is 0 Å². The van der Waals surface area contributed by atoms with E-state index in [-0.39, 0.29) is 25.3 Å². The molecule has 0 amide bonds. The first-order chi connectivity index (χ1) is 7.97. The second-order valence-electron chi connectivity index (χ2n) is 3.84. The number of hydrogen-bond donors (Lipinski definition) is 3. The Morgan fingerprint density at radius 1 is 1.35 bits per heavy atom. The highest BCUT2D eigenvalue weighted by atomic mass is 16.3. The zero-order chi connectivity index (χ0) is 13.0. The molecule has 3 N–H and O–H groups in total. The fraction of sp³-hybridized carbons (Fsp3) is 0.600. The van der Waals surface area contributed by atoms with E-state index in [0.29, 0.717) is 5.69 Å². The van der Waals surface area contributed by atoms with Gasteiger partial charge in [0.1, 0.15) is 0 Å². The summed E-state index contributed by atoms with van der Waals surface area (Å²) >= 11 is 0. The second-order valence-corrected chi connectivity index (χ2v) is 3.84. The molecule has 0 aliphatic rings. The van der Waals surface area contributed by atoms with Crippen molar-refractivity contribution in [1.82, 2.24) is 14.5 Å². The van der Waals surface area contributed by atoms with E-state index in [1.807, 2.05) is 0 Å². The third kappa shape index (κ3) is 3.26. The van der Waals surface area contributed by atoms with Crippen LogP contribution in [0.15, 0.2) is 15.7 Å². The van der Waals surface area contributed by atoms with Crippen molar-refractivity contribution in [3.8, 4) is 0 Å². The Balaban J connectivity index is 2.79. The lowest BCUT2D eigenvalue weighted by atomic mass is 10.3. The van der Waals surface area contributed by atoms with E-state index in [1.165, 1.54) is 17.7 Å². The minimum atomic E-state index is -0.849. The molecule has 1 unspecified atom stereocenters. The van der Waals surface area contributed by atoms with Crippen LogP contribution >= 0.6 is 0 Å². The van der Waals surface area contributed by atoms with E-state index in [4.69, 9.17) is 10.2 Å². The van der Waals surface area contributed by atoms with Crippen molar-refractivity contribution in [1.29, 1.82) is 0 Å². The van der Waals surface area contributed by atoms with Gasteiger partial charge >= 0.3 is 5.69 Å². The molecular formula is C10H17N3O4. The van der Waals surface area contributed by atoms with E-state index in [1.54, 1.807) is 7.05 Å². The minimum Gasteiger partial charge on any atom is -0.394 e. The number of aliphatic hydroxyl groups is 2. The fourth-order valence-corrected chi connectivity index (χ4v) is 1.38. The van der Waals surface area contributed by atoms with Gasteiger partial charge < -0.3 is 15.5 Å². The highest BCUT2D eigenvalue weighted by molar-refractivity contribution is 5.01. The average molecular weight is 243 g/mol. The van der Waals surface area contributed by atoms with Crippen LogP contribution in [-0.4, -0.2) is 38.6 Å². The van der Waals surface area contributed by atoms with Crippen LogP contribution in [0.25, 0.3) is 0 Å². The third-order valence-electron chi connectivity index (χ3n) is 2.52. The topological polar surface area (TPSA) is 96.5 Å². The van der Waals surface area contributed by atoms with Crippen molar-refractivity contribution in [3.63, 3.8) is 0 Å². The van der Waals surface area contributed by atoms with Crippen LogP contribution in [0.1, 0.15) is 5.69 Å². The monoisotopic (exact) mass is 243 g/mol. The van der Waals surface area contributed by atoms with E-state index >= 15 is 0 Å². The summed E-state index contributed by atoms with van der Waals surface area (Å²) in [6.45, 7) is 0.140. The zero-order valence-electron chi connectivity index (χ0n) is 9.88. The Kier molecular flexibility index (Phi) is 4.62. The molecule has 0 saturated heterocycles. The number of hydrogen-bond acceptors (Lipinski definition) is 5. The highest BCUT2D eigenvalue weighted by Gasteiger charge is 2.06. The van der Waals surface area contributed by atoms with Gasteiger partial charge in [-0.1, -0.05) is 0 Å². The first-order valence-corrected chi connectivity index (χ1v) is 5.23. The molecule has 7 heteroatoms. The minimum absolute atomic E-state index is 0.194. The summed E-state index contributed by atoms with van der Waals surface area (Å²) in [5.74, 6) is 0. The third-order valence-corrected chi connectivity index (χ3v) is 2.52. The lowest BCUT2D eigenvalue weighted by Gasteiger charge is -2.12. The van der Waals surface area contributed by atoms with Crippen molar-refractivity contribution in [2.75, 3.05) is 13.2 Å². The smallest absolute Gasteiger partial charge is 0.330 e. The normalized spacial score (nSPS) is 12.7. The molecule has 0 radical (unpaired) electrons. The van der Waals surface area contributed by atoms with Crippen LogP contribution in [0.3, 0.4) is 0 Å². The van der Waals surface area contributed by atoms with Gasteiger partial charge in [0.2, 0.25) is 0 Å². The van der Waals surface area contributed by atoms with Crippen molar-refractivity contribution in [2.24, 2.45) is 14.1 Å². The van der Waals surface area contributed by atoms with Crippen molar-refractivity contribution in [2.45, 2.75) is 12.6 Å². The standard InChI is InChI=1S/C10H17N3O4/c1-12-7(4-11-5-8(15)6-14)3-9(16)13(2)10(12)17/h3,8,11,14-15H,4-6H2,1-2H3. The molecular weight excluding hydrogens is 226 g/mol. The van der Waals surface area contributed by atoms with Gasteiger partial charge in [-0.25, -0.2) is 4.79 Å². The molecule has 1 rings (SSSR count). The molecule has 1 heterocycles. The van der Waals surface area contributed by atoms with Gasteiger partial charge in [0, 0.05) is 38.9 Å². The molecule has 17 heavy (non-hydrogen) atoms. The molecule has 1 atom stereocenters.